The minimum Gasteiger partial charge on any atom is -0.350 e. The molecule has 0 aromatic heterocycles. The van der Waals surface area contributed by atoms with E-state index in [1.807, 2.05) is 38.1 Å². The van der Waals surface area contributed by atoms with Gasteiger partial charge in [0.1, 0.15) is 0 Å². The number of amides is 2. The number of rotatable bonds is 7. The number of carbonyl (C=O) groups excluding carboxylic acids is 2. The second-order valence-electron chi connectivity index (χ2n) is 5.84. The summed E-state index contributed by atoms with van der Waals surface area (Å²) >= 11 is 7.36. The van der Waals surface area contributed by atoms with E-state index in [0.29, 0.717) is 22.0 Å². The third-order valence-corrected chi connectivity index (χ3v) is 4.54. The van der Waals surface area contributed by atoms with Crippen molar-refractivity contribution >= 4 is 40.9 Å². The monoisotopic (exact) mass is 376 g/mol. The summed E-state index contributed by atoms with van der Waals surface area (Å²) in [5.41, 5.74) is 2.10. The smallest absolute Gasteiger partial charge is 0.253 e. The third kappa shape index (κ3) is 6.44. The molecule has 2 N–H and O–H groups in total. The van der Waals surface area contributed by atoms with Crippen LogP contribution in [0.3, 0.4) is 0 Å². The molecule has 0 atom stereocenters. The highest BCUT2D eigenvalue weighted by atomic mass is 35.5. The van der Waals surface area contributed by atoms with Crippen molar-refractivity contribution in [3.63, 3.8) is 0 Å². The largest absolute Gasteiger partial charge is 0.350 e. The van der Waals surface area contributed by atoms with Crippen LogP contribution in [0.5, 0.6) is 0 Å². The fourth-order valence-corrected chi connectivity index (χ4v) is 3.07. The zero-order valence-corrected chi connectivity index (χ0v) is 15.8. The number of halogens is 1. The van der Waals surface area contributed by atoms with Gasteiger partial charge in [0, 0.05) is 16.8 Å². The number of thioether (sulfide) groups is 1. The minimum absolute atomic E-state index is 0.0335. The zero-order valence-electron chi connectivity index (χ0n) is 14.2. The third-order valence-electron chi connectivity index (χ3n) is 3.28. The fourth-order valence-electron chi connectivity index (χ4n) is 2.16. The summed E-state index contributed by atoms with van der Waals surface area (Å²) in [4.78, 5) is 24.4. The molecule has 0 heterocycles. The lowest BCUT2D eigenvalue weighted by atomic mass is 10.1. The van der Waals surface area contributed by atoms with Gasteiger partial charge in [-0.3, -0.25) is 9.59 Å². The van der Waals surface area contributed by atoms with E-state index in [9.17, 15) is 9.59 Å². The van der Waals surface area contributed by atoms with Crippen LogP contribution in [0.4, 0.5) is 5.69 Å². The Morgan fingerprint density at radius 3 is 2.44 bits per heavy atom. The molecule has 2 amide bonds. The van der Waals surface area contributed by atoms with Crippen LogP contribution in [0.15, 0.2) is 48.5 Å². The molecule has 0 aliphatic rings. The first-order valence-corrected chi connectivity index (χ1v) is 9.51. The van der Waals surface area contributed by atoms with Gasteiger partial charge >= 0.3 is 0 Å². The van der Waals surface area contributed by atoms with Gasteiger partial charge in [-0.05, 0) is 43.7 Å². The molecule has 0 aliphatic heterocycles. The highest BCUT2D eigenvalue weighted by Crippen LogP contribution is 2.18. The van der Waals surface area contributed by atoms with Crippen molar-refractivity contribution in [2.24, 2.45) is 0 Å². The number of para-hydroxylation sites is 1. The molecule has 6 heteroatoms. The van der Waals surface area contributed by atoms with Crippen molar-refractivity contribution in [1.82, 2.24) is 5.32 Å². The molecular formula is C19H21ClN2O2S. The van der Waals surface area contributed by atoms with Gasteiger partial charge < -0.3 is 10.6 Å². The molecule has 0 bridgehead atoms. The van der Waals surface area contributed by atoms with Crippen LogP contribution in [0.2, 0.25) is 5.02 Å². The lowest BCUT2D eigenvalue weighted by Crippen LogP contribution is -2.31. The number of hydrogen-bond donors (Lipinski definition) is 2. The van der Waals surface area contributed by atoms with E-state index in [4.69, 9.17) is 11.6 Å². The van der Waals surface area contributed by atoms with Crippen molar-refractivity contribution in [3.05, 3.63) is 64.7 Å². The van der Waals surface area contributed by atoms with Crippen LogP contribution < -0.4 is 10.6 Å². The predicted octanol–water partition coefficient (Wildman–Crippen LogP) is 4.35. The topological polar surface area (TPSA) is 58.2 Å². The number of benzene rings is 2. The first-order valence-electron chi connectivity index (χ1n) is 7.97. The summed E-state index contributed by atoms with van der Waals surface area (Å²) < 4.78 is 0. The Bertz CT molecular complexity index is 732. The molecular weight excluding hydrogens is 356 g/mol. The average Bonchev–Trinajstić information content (AvgIpc) is 2.56. The van der Waals surface area contributed by atoms with Gasteiger partial charge in [0.05, 0.1) is 17.0 Å². The fraction of sp³-hybridized carbons (Fsp3) is 0.263. The van der Waals surface area contributed by atoms with Crippen molar-refractivity contribution in [2.75, 3.05) is 11.1 Å². The van der Waals surface area contributed by atoms with Gasteiger partial charge in [0.15, 0.2) is 0 Å². The Morgan fingerprint density at radius 1 is 1.08 bits per heavy atom. The maximum atomic E-state index is 12.2. The van der Waals surface area contributed by atoms with E-state index in [0.717, 1.165) is 11.3 Å². The molecule has 2 rings (SSSR count). The molecule has 0 radical (unpaired) electrons. The first kappa shape index (κ1) is 19.3. The highest BCUT2D eigenvalue weighted by Gasteiger charge is 2.13. The summed E-state index contributed by atoms with van der Waals surface area (Å²) in [5, 5.41) is 6.35. The quantitative estimate of drug-likeness (QED) is 0.755. The first-order chi connectivity index (χ1) is 12.0. The van der Waals surface area contributed by atoms with E-state index in [2.05, 4.69) is 10.6 Å². The lowest BCUT2D eigenvalue weighted by molar-refractivity contribution is -0.113. The minimum atomic E-state index is -0.195. The lowest BCUT2D eigenvalue weighted by Gasteiger charge is -2.13. The van der Waals surface area contributed by atoms with Crippen LogP contribution in [0.25, 0.3) is 0 Å². The number of hydrogen-bond acceptors (Lipinski definition) is 3. The Labute approximate surface area is 157 Å². The molecule has 0 saturated heterocycles. The van der Waals surface area contributed by atoms with Gasteiger partial charge in [-0.25, -0.2) is 0 Å². The van der Waals surface area contributed by atoms with Gasteiger partial charge in [-0.1, -0.05) is 35.9 Å². The molecule has 0 saturated carbocycles. The Morgan fingerprint density at radius 2 is 1.76 bits per heavy atom. The molecule has 132 valence electrons. The average molecular weight is 377 g/mol. The molecule has 25 heavy (non-hydrogen) atoms. The summed E-state index contributed by atoms with van der Waals surface area (Å²) in [6.07, 6.45) is 0. The molecule has 0 spiro atoms. The second-order valence-corrected chi connectivity index (χ2v) is 7.26. The standard InChI is InChI=1S/C19H21ClN2O2S/c1-13(2)21-19(24)16-5-3-4-6-17(16)22-18(23)12-25-11-14-7-9-15(20)10-8-14/h3-10,13H,11-12H2,1-2H3,(H,21,24)(H,22,23). The van der Waals surface area contributed by atoms with Gasteiger partial charge in [0.2, 0.25) is 5.91 Å². The van der Waals surface area contributed by atoms with Crippen molar-refractivity contribution in [2.45, 2.75) is 25.6 Å². The summed E-state index contributed by atoms with van der Waals surface area (Å²) in [5.74, 6) is 0.700. The second kappa shape index (κ2) is 9.49. The molecule has 4 nitrogen and oxygen atoms in total. The van der Waals surface area contributed by atoms with Gasteiger partial charge in [-0.2, -0.15) is 0 Å². The Kier molecular flexibility index (Phi) is 7.34. The summed E-state index contributed by atoms with van der Waals surface area (Å²) in [6.45, 7) is 3.79. The summed E-state index contributed by atoms with van der Waals surface area (Å²) in [7, 11) is 0. The maximum absolute atomic E-state index is 12.2. The summed E-state index contributed by atoms with van der Waals surface area (Å²) in [6, 6.07) is 14.6. The molecule has 0 fully saturated rings. The number of anilines is 1. The molecule has 2 aromatic rings. The van der Waals surface area contributed by atoms with Crippen molar-refractivity contribution < 1.29 is 9.59 Å². The van der Waals surface area contributed by atoms with Gasteiger partial charge in [-0.15, -0.1) is 11.8 Å². The Hall–Kier alpha value is -1.98. The maximum Gasteiger partial charge on any atom is 0.253 e. The Balaban J connectivity index is 1.90. The van der Waals surface area contributed by atoms with E-state index in [1.165, 1.54) is 11.8 Å². The van der Waals surface area contributed by atoms with Crippen LogP contribution in [0, 0.1) is 0 Å². The normalized spacial score (nSPS) is 10.6. The van der Waals surface area contributed by atoms with Crippen molar-refractivity contribution in [1.29, 1.82) is 0 Å². The SMILES string of the molecule is CC(C)NC(=O)c1ccccc1NC(=O)CSCc1ccc(Cl)cc1. The van der Waals surface area contributed by atoms with E-state index in [1.54, 1.807) is 24.3 Å². The van der Waals surface area contributed by atoms with Crippen LogP contribution in [0.1, 0.15) is 29.8 Å². The van der Waals surface area contributed by atoms with E-state index >= 15 is 0 Å². The van der Waals surface area contributed by atoms with Crippen LogP contribution in [-0.4, -0.2) is 23.6 Å². The van der Waals surface area contributed by atoms with Crippen LogP contribution >= 0.6 is 23.4 Å². The highest BCUT2D eigenvalue weighted by molar-refractivity contribution is 7.99. The molecule has 0 unspecified atom stereocenters. The van der Waals surface area contributed by atoms with Crippen molar-refractivity contribution in [3.8, 4) is 0 Å². The van der Waals surface area contributed by atoms with E-state index < -0.39 is 0 Å². The van der Waals surface area contributed by atoms with E-state index in [-0.39, 0.29) is 17.9 Å². The number of nitrogens with one attached hydrogen (secondary N) is 2. The zero-order chi connectivity index (χ0) is 18.2. The van der Waals surface area contributed by atoms with Crippen LogP contribution in [-0.2, 0) is 10.5 Å². The molecule has 0 aliphatic carbocycles. The number of carbonyl (C=O) groups is 2. The van der Waals surface area contributed by atoms with Gasteiger partial charge in [0.25, 0.3) is 5.91 Å². The predicted molar refractivity (Wildman–Crippen MR) is 105 cm³/mol. The molecule has 2 aromatic carbocycles.